The summed E-state index contributed by atoms with van der Waals surface area (Å²) in [7, 11) is 0. The number of nitrogen functional groups attached to an aromatic ring is 1. The van der Waals surface area contributed by atoms with E-state index in [0.717, 1.165) is 6.20 Å². The summed E-state index contributed by atoms with van der Waals surface area (Å²) >= 11 is 0. The van der Waals surface area contributed by atoms with Crippen molar-refractivity contribution in [1.29, 1.82) is 0 Å². The van der Waals surface area contributed by atoms with Gasteiger partial charge in [0.1, 0.15) is 0 Å². The number of alkyl halides is 2. The molecule has 3 aromatic heterocycles. The number of halogens is 2. The second-order valence-corrected chi connectivity index (χ2v) is 6.72. The van der Waals surface area contributed by atoms with Gasteiger partial charge in [0.25, 0.3) is 0 Å². The number of rotatable bonds is 7. The van der Waals surface area contributed by atoms with Crippen LogP contribution in [0.5, 0.6) is 5.88 Å². The van der Waals surface area contributed by atoms with Crippen molar-refractivity contribution >= 4 is 23.2 Å². The largest absolute Gasteiger partial charge is 0.417 e. The number of hydrogen-bond donors (Lipinski definition) is 3. The molecule has 0 bridgehead atoms. The molecule has 0 saturated heterocycles. The second kappa shape index (κ2) is 9.22. The molecule has 11 heteroatoms. The number of nitrogens with one attached hydrogen (secondary N) is 1. The lowest BCUT2D eigenvalue weighted by molar-refractivity contribution is -0.0528. The number of anilines is 3. The van der Waals surface area contributed by atoms with Gasteiger partial charge in [0, 0.05) is 52.6 Å². The van der Waals surface area contributed by atoms with E-state index in [0.29, 0.717) is 16.9 Å². The van der Waals surface area contributed by atoms with Crippen LogP contribution in [0.15, 0.2) is 67.3 Å². The number of pyridine rings is 2. The van der Waals surface area contributed by atoms with Crippen LogP contribution in [0.2, 0.25) is 0 Å². The Bertz CT molecular complexity index is 1290. The minimum absolute atomic E-state index is 0.103. The van der Waals surface area contributed by atoms with Crippen LogP contribution < -0.4 is 21.5 Å². The third-order valence-electron chi connectivity index (χ3n) is 4.58. The SMILES string of the molecule is NC(=O)c1cccc(Nc2ncc(-c3ccccn3)cn2)c1-c1cc(OC(F)F)ncc1N. The van der Waals surface area contributed by atoms with Crippen molar-refractivity contribution in [1.82, 2.24) is 19.9 Å². The van der Waals surface area contributed by atoms with Gasteiger partial charge < -0.3 is 21.5 Å². The molecule has 1 amide bonds. The monoisotopic (exact) mass is 449 g/mol. The van der Waals surface area contributed by atoms with E-state index in [1.807, 2.05) is 12.1 Å². The lowest BCUT2D eigenvalue weighted by Crippen LogP contribution is -2.14. The minimum Gasteiger partial charge on any atom is -0.417 e. The molecule has 4 rings (SSSR count). The van der Waals surface area contributed by atoms with E-state index in [4.69, 9.17) is 11.5 Å². The van der Waals surface area contributed by atoms with Crippen LogP contribution in [0.4, 0.5) is 26.1 Å². The minimum atomic E-state index is -3.08. The average Bonchev–Trinajstić information content (AvgIpc) is 2.81. The number of nitrogens with zero attached hydrogens (tertiary/aromatic N) is 4. The average molecular weight is 449 g/mol. The first kappa shape index (κ1) is 21.6. The van der Waals surface area contributed by atoms with Gasteiger partial charge in [-0.15, -0.1) is 0 Å². The Morgan fingerprint density at radius 3 is 2.45 bits per heavy atom. The van der Waals surface area contributed by atoms with E-state index in [1.165, 1.54) is 12.1 Å². The number of aromatic nitrogens is 4. The van der Waals surface area contributed by atoms with Crippen LogP contribution in [0, 0.1) is 0 Å². The number of hydrogen-bond acceptors (Lipinski definition) is 8. The highest BCUT2D eigenvalue weighted by Crippen LogP contribution is 2.37. The summed E-state index contributed by atoms with van der Waals surface area (Å²) in [5, 5.41) is 3.02. The fourth-order valence-electron chi connectivity index (χ4n) is 3.15. The van der Waals surface area contributed by atoms with E-state index in [9.17, 15) is 13.6 Å². The molecule has 4 aromatic rings. The van der Waals surface area contributed by atoms with Gasteiger partial charge in [-0.05, 0) is 24.3 Å². The third-order valence-corrected chi connectivity index (χ3v) is 4.58. The number of benzene rings is 1. The van der Waals surface area contributed by atoms with Gasteiger partial charge in [-0.2, -0.15) is 8.78 Å². The summed E-state index contributed by atoms with van der Waals surface area (Å²) in [6, 6.07) is 11.4. The maximum Gasteiger partial charge on any atom is 0.388 e. The fourth-order valence-corrected chi connectivity index (χ4v) is 3.15. The molecule has 0 unspecified atom stereocenters. The zero-order valence-electron chi connectivity index (χ0n) is 16.9. The maximum absolute atomic E-state index is 12.7. The Morgan fingerprint density at radius 2 is 1.79 bits per heavy atom. The fraction of sp³-hybridized carbons (Fsp3) is 0.0455. The molecule has 0 saturated carbocycles. The molecule has 0 aliphatic carbocycles. The van der Waals surface area contributed by atoms with Crippen molar-refractivity contribution in [2.45, 2.75) is 6.61 Å². The Hall–Kier alpha value is -4.67. The van der Waals surface area contributed by atoms with E-state index >= 15 is 0 Å². The highest BCUT2D eigenvalue weighted by molar-refractivity contribution is 6.05. The Morgan fingerprint density at radius 1 is 1.00 bits per heavy atom. The summed E-state index contributed by atoms with van der Waals surface area (Å²) in [5.41, 5.74) is 14.1. The smallest absolute Gasteiger partial charge is 0.388 e. The molecule has 0 aliphatic heterocycles. The molecule has 166 valence electrons. The predicted molar refractivity (Wildman–Crippen MR) is 118 cm³/mol. The van der Waals surface area contributed by atoms with E-state index in [-0.39, 0.29) is 34.2 Å². The van der Waals surface area contributed by atoms with Gasteiger partial charge in [0.05, 0.1) is 17.6 Å². The predicted octanol–water partition coefficient (Wildman–Crippen LogP) is 3.63. The number of amides is 1. The van der Waals surface area contributed by atoms with Gasteiger partial charge in [-0.1, -0.05) is 12.1 Å². The molecule has 0 atom stereocenters. The number of primary amides is 1. The molecule has 0 spiro atoms. The van der Waals surface area contributed by atoms with Gasteiger partial charge in [-0.25, -0.2) is 15.0 Å². The molecular weight excluding hydrogens is 432 g/mol. The van der Waals surface area contributed by atoms with Crippen molar-refractivity contribution in [3.63, 3.8) is 0 Å². The summed E-state index contributed by atoms with van der Waals surface area (Å²) in [6.07, 6.45) is 6.00. The van der Waals surface area contributed by atoms with Gasteiger partial charge in [-0.3, -0.25) is 9.78 Å². The van der Waals surface area contributed by atoms with E-state index in [1.54, 1.807) is 36.8 Å². The Kier molecular flexibility index (Phi) is 6.02. The van der Waals surface area contributed by atoms with E-state index < -0.39 is 12.5 Å². The van der Waals surface area contributed by atoms with Crippen LogP contribution in [0.1, 0.15) is 10.4 Å². The van der Waals surface area contributed by atoms with Crippen molar-refractivity contribution in [2.24, 2.45) is 5.73 Å². The molecule has 33 heavy (non-hydrogen) atoms. The number of carbonyl (C=O) groups excluding carboxylic acids is 1. The van der Waals surface area contributed by atoms with Crippen molar-refractivity contribution in [2.75, 3.05) is 11.1 Å². The first-order chi connectivity index (χ1) is 15.9. The molecule has 1 aromatic carbocycles. The number of nitrogens with two attached hydrogens (primary N) is 2. The highest BCUT2D eigenvalue weighted by atomic mass is 19.3. The zero-order valence-corrected chi connectivity index (χ0v) is 16.9. The van der Waals surface area contributed by atoms with E-state index in [2.05, 4.69) is 30.0 Å². The van der Waals surface area contributed by atoms with Crippen LogP contribution >= 0.6 is 0 Å². The summed E-state index contributed by atoms with van der Waals surface area (Å²) in [5.74, 6) is -0.891. The first-order valence-corrected chi connectivity index (χ1v) is 9.56. The second-order valence-electron chi connectivity index (χ2n) is 6.72. The van der Waals surface area contributed by atoms with Crippen LogP contribution in [0.3, 0.4) is 0 Å². The highest BCUT2D eigenvalue weighted by Gasteiger charge is 2.19. The Balaban J connectivity index is 1.75. The van der Waals surface area contributed by atoms with Crippen molar-refractivity contribution in [3.8, 4) is 28.3 Å². The van der Waals surface area contributed by atoms with Crippen molar-refractivity contribution < 1.29 is 18.3 Å². The van der Waals surface area contributed by atoms with Crippen LogP contribution in [0.25, 0.3) is 22.4 Å². The molecule has 0 fully saturated rings. The number of ether oxygens (including phenoxy) is 1. The van der Waals surface area contributed by atoms with Crippen molar-refractivity contribution in [3.05, 3.63) is 72.8 Å². The zero-order chi connectivity index (χ0) is 23.4. The molecule has 3 heterocycles. The normalized spacial score (nSPS) is 10.8. The molecular formula is C22H17F2N7O2. The number of carbonyl (C=O) groups is 1. The van der Waals surface area contributed by atoms with Gasteiger partial charge in [0.15, 0.2) is 0 Å². The lowest BCUT2D eigenvalue weighted by Gasteiger charge is -2.16. The Labute approximate surface area is 186 Å². The summed E-state index contributed by atoms with van der Waals surface area (Å²) in [6.45, 7) is -3.08. The quantitative estimate of drug-likeness (QED) is 0.388. The van der Waals surface area contributed by atoms with Crippen LogP contribution in [-0.4, -0.2) is 32.5 Å². The lowest BCUT2D eigenvalue weighted by atomic mass is 9.96. The third kappa shape index (κ3) is 4.82. The maximum atomic E-state index is 12.7. The molecule has 0 aliphatic rings. The van der Waals surface area contributed by atoms with Gasteiger partial charge >= 0.3 is 6.61 Å². The summed E-state index contributed by atoms with van der Waals surface area (Å²) < 4.78 is 29.7. The first-order valence-electron chi connectivity index (χ1n) is 9.56. The molecule has 5 N–H and O–H groups in total. The molecule has 0 radical (unpaired) electrons. The van der Waals surface area contributed by atoms with Gasteiger partial charge in [0.2, 0.25) is 17.7 Å². The topological polar surface area (TPSA) is 142 Å². The molecule has 9 nitrogen and oxygen atoms in total. The summed E-state index contributed by atoms with van der Waals surface area (Å²) in [4.78, 5) is 28.7. The van der Waals surface area contributed by atoms with Crippen LogP contribution in [-0.2, 0) is 0 Å². The standard InChI is InChI=1S/C22H17F2N7O2/c23-21(24)33-18-8-14(15(25)11-28-18)19-13(20(26)32)4-3-6-17(19)31-22-29-9-12(10-30-22)16-5-1-2-7-27-16/h1-11,21H,25H2,(H2,26,32)(H,29,30,31).